The Bertz CT molecular complexity index is 525. The normalized spacial score (nSPS) is 14.9. The Balaban J connectivity index is 2.29. The molecule has 2 rings (SSSR count). The number of benzene rings is 1. The number of hydrogen-bond donors (Lipinski definition) is 0. The molecule has 2 amide bonds. The third-order valence-electron chi connectivity index (χ3n) is 2.34. The summed E-state index contributed by atoms with van der Waals surface area (Å²) in [5.74, 6) is -2.38. The third-order valence-corrected chi connectivity index (χ3v) is 3.33. The summed E-state index contributed by atoms with van der Waals surface area (Å²) < 4.78 is 26.5. The number of hydrogen-bond acceptors (Lipinski definition) is 2. The molecular formula is C11H6F2INO2. The average Bonchev–Trinajstić information content (AvgIpc) is 2.61. The second-order valence-electron chi connectivity index (χ2n) is 3.43. The molecule has 3 nitrogen and oxygen atoms in total. The summed E-state index contributed by atoms with van der Waals surface area (Å²) in [6.07, 6.45) is 2.24. The maximum atomic E-state index is 13.7. The van der Waals surface area contributed by atoms with Crippen LogP contribution >= 0.6 is 22.6 Å². The number of imide groups is 1. The van der Waals surface area contributed by atoms with Gasteiger partial charge in [-0.05, 0) is 28.7 Å². The molecule has 1 aromatic carbocycles. The molecule has 0 fully saturated rings. The fourth-order valence-corrected chi connectivity index (χ4v) is 1.97. The zero-order chi connectivity index (χ0) is 12.6. The monoisotopic (exact) mass is 349 g/mol. The Kier molecular flexibility index (Phi) is 3.23. The van der Waals surface area contributed by atoms with Crippen molar-refractivity contribution in [3.05, 3.63) is 45.1 Å². The Morgan fingerprint density at radius 3 is 2.29 bits per heavy atom. The van der Waals surface area contributed by atoms with Crippen molar-refractivity contribution in [1.29, 1.82) is 0 Å². The van der Waals surface area contributed by atoms with Crippen LogP contribution in [0.5, 0.6) is 0 Å². The SMILES string of the molecule is O=C1C=CC(=O)N1Cc1ccc(F)c(I)c1F. The lowest BCUT2D eigenvalue weighted by Gasteiger charge is -2.14. The van der Waals surface area contributed by atoms with Gasteiger partial charge in [0, 0.05) is 17.7 Å². The van der Waals surface area contributed by atoms with Crippen molar-refractivity contribution in [3.63, 3.8) is 0 Å². The molecule has 0 aliphatic carbocycles. The average molecular weight is 349 g/mol. The van der Waals surface area contributed by atoms with Gasteiger partial charge >= 0.3 is 0 Å². The number of halogens is 3. The summed E-state index contributed by atoms with van der Waals surface area (Å²) in [6.45, 7) is -0.188. The highest BCUT2D eigenvalue weighted by atomic mass is 127. The van der Waals surface area contributed by atoms with Crippen LogP contribution in [0.3, 0.4) is 0 Å². The van der Waals surface area contributed by atoms with E-state index in [0.29, 0.717) is 0 Å². The molecule has 0 spiro atoms. The van der Waals surface area contributed by atoms with Crippen LogP contribution in [0.25, 0.3) is 0 Å². The lowest BCUT2D eigenvalue weighted by Crippen LogP contribution is -2.29. The van der Waals surface area contributed by atoms with Gasteiger partial charge < -0.3 is 0 Å². The Hall–Kier alpha value is -1.31. The second-order valence-corrected chi connectivity index (χ2v) is 4.51. The van der Waals surface area contributed by atoms with E-state index in [0.717, 1.165) is 23.1 Å². The molecule has 0 saturated heterocycles. The first-order valence-electron chi connectivity index (χ1n) is 4.66. The van der Waals surface area contributed by atoms with Crippen molar-refractivity contribution < 1.29 is 18.4 Å². The first-order valence-corrected chi connectivity index (χ1v) is 5.74. The van der Waals surface area contributed by atoms with Crippen LogP contribution in [-0.4, -0.2) is 16.7 Å². The van der Waals surface area contributed by atoms with Crippen molar-refractivity contribution >= 4 is 34.4 Å². The van der Waals surface area contributed by atoms with E-state index >= 15 is 0 Å². The Morgan fingerprint density at radius 1 is 1.12 bits per heavy atom. The second kappa shape index (κ2) is 4.52. The summed E-state index contributed by atoms with van der Waals surface area (Å²) >= 11 is 1.54. The fraction of sp³-hybridized carbons (Fsp3) is 0.0909. The van der Waals surface area contributed by atoms with Gasteiger partial charge in [-0.15, -0.1) is 0 Å². The van der Waals surface area contributed by atoms with E-state index in [9.17, 15) is 18.4 Å². The molecule has 0 N–H and O–H groups in total. The van der Waals surface area contributed by atoms with Gasteiger partial charge in [0.2, 0.25) is 0 Å². The van der Waals surface area contributed by atoms with Gasteiger partial charge in [-0.25, -0.2) is 8.78 Å². The standard InChI is InChI=1S/C11H6F2INO2/c12-7-2-1-6(10(13)11(7)14)5-15-8(16)3-4-9(15)17/h1-4H,5H2. The van der Waals surface area contributed by atoms with Crippen molar-refractivity contribution in [2.45, 2.75) is 6.54 Å². The molecule has 0 bridgehead atoms. The van der Waals surface area contributed by atoms with Gasteiger partial charge in [0.25, 0.3) is 11.8 Å². The van der Waals surface area contributed by atoms with Crippen molar-refractivity contribution in [1.82, 2.24) is 4.90 Å². The molecule has 1 heterocycles. The number of carbonyl (C=O) groups excluding carboxylic acids is 2. The topological polar surface area (TPSA) is 37.4 Å². The van der Waals surface area contributed by atoms with E-state index in [4.69, 9.17) is 0 Å². The van der Waals surface area contributed by atoms with E-state index in [-0.39, 0.29) is 15.7 Å². The zero-order valence-corrected chi connectivity index (χ0v) is 10.6. The predicted molar refractivity (Wildman–Crippen MR) is 63.8 cm³/mol. The number of amides is 2. The van der Waals surface area contributed by atoms with Gasteiger partial charge in [-0.2, -0.15) is 0 Å². The molecule has 1 aliphatic heterocycles. The molecule has 0 aromatic heterocycles. The molecule has 0 saturated carbocycles. The summed E-state index contributed by atoms with van der Waals surface area (Å²) in [6, 6.07) is 2.34. The van der Waals surface area contributed by atoms with Crippen LogP contribution in [0.4, 0.5) is 8.78 Å². The van der Waals surface area contributed by atoms with E-state index < -0.39 is 23.4 Å². The highest BCUT2D eigenvalue weighted by Crippen LogP contribution is 2.21. The molecule has 0 unspecified atom stereocenters. The summed E-state index contributed by atoms with van der Waals surface area (Å²) in [4.78, 5) is 23.4. The van der Waals surface area contributed by atoms with Crippen LogP contribution in [0.1, 0.15) is 5.56 Å². The van der Waals surface area contributed by atoms with Crippen molar-refractivity contribution in [3.8, 4) is 0 Å². The first kappa shape index (κ1) is 12.2. The fourth-order valence-electron chi connectivity index (χ4n) is 1.45. The molecule has 88 valence electrons. The Labute approximate surface area is 109 Å². The van der Waals surface area contributed by atoms with E-state index in [1.807, 2.05) is 0 Å². The first-order chi connectivity index (χ1) is 8.00. The van der Waals surface area contributed by atoms with E-state index in [1.165, 1.54) is 28.7 Å². The summed E-state index contributed by atoms with van der Waals surface area (Å²) in [5.41, 5.74) is 0.112. The maximum Gasteiger partial charge on any atom is 0.253 e. The van der Waals surface area contributed by atoms with E-state index in [2.05, 4.69) is 0 Å². The van der Waals surface area contributed by atoms with Crippen molar-refractivity contribution in [2.24, 2.45) is 0 Å². The molecule has 1 aromatic rings. The number of nitrogens with zero attached hydrogens (tertiary/aromatic N) is 1. The van der Waals surface area contributed by atoms with Gasteiger partial charge in [0.15, 0.2) is 0 Å². The highest BCUT2D eigenvalue weighted by Gasteiger charge is 2.25. The molecule has 1 aliphatic rings. The van der Waals surface area contributed by atoms with Gasteiger partial charge in [-0.1, -0.05) is 6.07 Å². The Morgan fingerprint density at radius 2 is 1.71 bits per heavy atom. The molecule has 6 heteroatoms. The molecule has 0 atom stereocenters. The summed E-state index contributed by atoms with van der Waals surface area (Å²) in [7, 11) is 0. The van der Waals surface area contributed by atoms with E-state index in [1.54, 1.807) is 0 Å². The van der Waals surface area contributed by atoms with Crippen LogP contribution in [0.15, 0.2) is 24.3 Å². The minimum atomic E-state index is -0.738. The smallest absolute Gasteiger partial charge is 0.253 e. The number of rotatable bonds is 2. The van der Waals surface area contributed by atoms with Crippen molar-refractivity contribution in [2.75, 3.05) is 0 Å². The van der Waals surface area contributed by atoms with Gasteiger partial charge in [-0.3, -0.25) is 14.5 Å². The quantitative estimate of drug-likeness (QED) is 0.465. The largest absolute Gasteiger partial charge is 0.271 e. The summed E-state index contributed by atoms with van der Waals surface area (Å²) in [5, 5.41) is 0. The van der Waals surface area contributed by atoms with Gasteiger partial charge in [0.1, 0.15) is 11.6 Å². The minimum Gasteiger partial charge on any atom is -0.271 e. The predicted octanol–water partition coefficient (Wildman–Crippen LogP) is 1.99. The maximum absolute atomic E-state index is 13.7. The number of carbonyl (C=O) groups is 2. The lowest BCUT2D eigenvalue weighted by molar-refractivity contribution is -0.137. The molecule has 0 radical (unpaired) electrons. The van der Waals surface area contributed by atoms with Crippen LogP contribution in [-0.2, 0) is 16.1 Å². The van der Waals surface area contributed by atoms with Gasteiger partial charge in [0.05, 0.1) is 10.1 Å². The minimum absolute atomic E-state index is 0.112. The zero-order valence-electron chi connectivity index (χ0n) is 8.41. The molecule has 17 heavy (non-hydrogen) atoms. The third kappa shape index (κ3) is 2.21. The van der Waals surface area contributed by atoms with Crippen LogP contribution in [0.2, 0.25) is 0 Å². The van der Waals surface area contributed by atoms with Crippen LogP contribution < -0.4 is 0 Å². The van der Waals surface area contributed by atoms with Crippen LogP contribution in [0, 0.1) is 15.2 Å². The molecular weight excluding hydrogens is 343 g/mol. The lowest BCUT2D eigenvalue weighted by atomic mass is 10.2. The highest BCUT2D eigenvalue weighted by molar-refractivity contribution is 14.1.